The van der Waals surface area contributed by atoms with E-state index in [0.29, 0.717) is 10.2 Å². The van der Waals surface area contributed by atoms with E-state index in [9.17, 15) is 0 Å². The van der Waals surface area contributed by atoms with E-state index in [1.165, 1.54) is 5.56 Å². The topological polar surface area (TPSA) is 36.7 Å². The zero-order valence-corrected chi connectivity index (χ0v) is 9.94. The van der Waals surface area contributed by atoms with Gasteiger partial charge in [-0.15, -0.1) is 0 Å². The molecule has 0 aromatic carbocycles. The number of rotatable bonds is 0. The van der Waals surface area contributed by atoms with Crippen molar-refractivity contribution in [2.75, 3.05) is 0 Å². The van der Waals surface area contributed by atoms with Crippen LogP contribution in [0.25, 0.3) is 0 Å². The molecular weight excluding hydrogens is 296 g/mol. The van der Waals surface area contributed by atoms with Crippen LogP contribution >= 0.6 is 31.9 Å². The van der Waals surface area contributed by atoms with Crippen LogP contribution in [0.5, 0.6) is 0 Å². The van der Waals surface area contributed by atoms with Crippen molar-refractivity contribution in [3.05, 3.63) is 25.9 Å². The zero-order chi connectivity index (χ0) is 9.42. The third-order valence-electron chi connectivity index (χ3n) is 2.28. The number of halogens is 2. The fourth-order valence-corrected chi connectivity index (χ4v) is 3.05. The Balaban J connectivity index is 2.74. The third-order valence-corrected chi connectivity index (χ3v) is 3.51. The molecule has 0 spiro atoms. The van der Waals surface area contributed by atoms with Crippen molar-refractivity contribution in [2.24, 2.45) is 0 Å². The summed E-state index contributed by atoms with van der Waals surface area (Å²) in [4.78, 5) is 4.23. The van der Waals surface area contributed by atoms with E-state index in [4.69, 9.17) is 5.26 Å². The Morgan fingerprint density at radius 3 is 2.54 bits per heavy atom. The molecule has 0 N–H and O–H groups in total. The van der Waals surface area contributed by atoms with Crippen molar-refractivity contribution < 1.29 is 0 Å². The minimum atomic E-state index is 0.655. The predicted molar refractivity (Wildman–Crippen MR) is 56.4 cm³/mol. The van der Waals surface area contributed by atoms with Crippen LogP contribution in [0.1, 0.15) is 23.1 Å². The highest BCUT2D eigenvalue weighted by Crippen LogP contribution is 2.33. The van der Waals surface area contributed by atoms with Gasteiger partial charge in [-0.1, -0.05) is 0 Å². The van der Waals surface area contributed by atoms with Gasteiger partial charge in [0.1, 0.15) is 15.3 Å². The Labute approximate surface area is 93.2 Å². The van der Waals surface area contributed by atoms with Crippen LogP contribution < -0.4 is 0 Å². The standard InChI is InChI=1S/C9H6Br2N2/c10-8-6-3-1-2-5(6)7(4-12)9(11)13-8/h1-3H2. The second-order valence-electron chi connectivity index (χ2n) is 2.99. The molecule has 0 atom stereocenters. The van der Waals surface area contributed by atoms with Gasteiger partial charge in [0, 0.05) is 0 Å². The smallest absolute Gasteiger partial charge is 0.125 e. The van der Waals surface area contributed by atoms with Crippen molar-refractivity contribution >= 4 is 31.9 Å². The number of nitriles is 1. The van der Waals surface area contributed by atoms with Crippen molar-refractivity contribution in [1.29, 1.82) is 5.26 Å². The van der Waals surface area contributed by atoms with E-state index in [0.717, 1.165) is 29.4 Å². The highest BCUT2D eigenvalue weighted by atomic mass is 79.9. The molecule has 2 nitrogen and oxygen atoms in total. The summed E-state index contributed by atoms with van der Waals surface area (Å²) in [5.41, 5.74) is 3.08. The molecule has 4 heteroatoms. The summed E-state index contributed by atoms with van der Waals surface area (Å²) in [6.45, 7) is 0. The first-order chi connectivity index (χ1) is 6.24. The maximum Gasteiger partial charge on any atom is 0.125 e. The van der Waals surface area contributed by atoms with Crippen molar-refractivity contribution in [3.8, 4) is 6.07 Å². The van der Waals surface area contributed by atoms with Crippen molar-refractivity contribution in [3.63, 3.8) is 0 Å². The fraction of sp³-hybridized carbons (Fsp3) is 0.333. The average Bonchev–Trinajstić information content (AvgIpc) is 2.53. The van der Waals surface area contributed by atoms with Gasteiger partial charge in [-0.05, 0) is 62.2 Å². The molecule has 0 saturated carbocycles. The van der Waals surface area contributed by atoms with Gasteiger partial charge in [0.25, 0.3) is 0 Å². The van der Waals surface area contributed by atoms with Gasteiger partial charge in [0.05, 0.1) is 5.56 Å². The van der Waals surface area contributed by atoms with Gasteiger partial charge in [-0.25, -0.2) is 4.98 Å². The van der Waals surface area contributed by atoms with Crippen LogP contribution in [0.15, 0.2) is 9.21 Å². The maximum absolute atomic E-state index is 8.94. The first-order valence-corrected chi connectivity index (χ1v) is 5.59. The highest BCUT2D eigenvalue weighted by molar-refractivity contribution is 9.11. The molecule has 0 unspecified atom stereocenters. The van der Waals surface area contributed by atoms with Crippen molar-refractivity contribution in [2.45, 2.75) is 19.3 Å². The monoisotopic (exact) mass is 300 g/mol. The molecule has 1 aliphatic rings. The summed E-state index contributed by atoms with van der Waals surface area (Å²) in [5, 5.41) is 8.94. The van der Waals surface area contributed by atoms with Gasteiger partial charge in [0.15, 0.2) is 0 Å². The predicted octanol–water partition coefficient (Wildman–Crippen LogP) is 2.97. The molecule has 66 valence electrons. The molecule has 0 radical (unpaired) electrons. The summed E-state index contributed by atoms with van der Waals surface area (Å²) in [6, 6.07) is 2.19. The lowest BCUT2D eigenvalue weighted by molar-refractivity contribution is 0.908. The fourth-order valence-electron chi connectivity index (χ4n) is 1.69. The van der Waals surface area contributed by atoms with Crippen LogP contribution in [-0.2, 0) is 12.8 Å². The molecule has 1 heterocycles. The number of hydrogen-bond acceptors (Lipinski definition) is 2. The van der Waals surface area contributed by atoms with E-state index in [-0.39, 0.29) is 0 Å². The minimum absolute atomic E-state index is 0.655. The Morgan fingerprint density at radius 2 is 1.85 bits per heavy atom. The second kappa shape index (κ2) is 3.39. The first kappa shape index (κ1) is 9.17. The van der Waals surface area contributed by atoms with Gasteiger partial charge in [-0.2, -0.15) is 5.26 Å². The molecule has 0 bridgehead atoms. The van der Waals surface area contributed by atoms with Crippen LogP contribution in [0.3, 0.4) is 0 Å². The van der Waals surface area contributed by atoms with Gasteiger partial charge >= 0.3 is 0 Å². The molecule has 1 aromatic heterocycles. The highest BCUT2D eigenvalue weighted by Gasteiger charge is 2.21. The quantitative estimate of drug-likeness (QED) is 0.691. The normalized spacial score (nSPS) is 13.9. The van der Waals surface area contributed by atoms with E-state index < -0.39 is 0 Å². The lowest BCUT2D eigenvalue weighted by atomic mass is 10.1. The first-order valence-electron chi connectivity index (χ1n) is 4.01. The Kier molecular flexibility index (Phi) is 2.39. The Morgan fingerprint density at radius 1 is 1.15 bits per heavy atom. The minimum Gasteiger partial charge on any atom is -0.232 e. The summed E-state index contributed by atoms with van der Waals surface area (Å²) >= 11 is 6.71. The molecule has 0 fully saturated rings. The molecular formula is C9H6Br2N2. The molecule has 0 amide bonds. The zero-order valence-electron chi connectivity index (χ0n) is 6.77. The molecule has 1 aromatic rings. The number of hydrogen-bond donors (Lipinski definition) is 0. The van der Waals surface area contributed by atoms with Gasteiger partial charge in [0.2, 0.25) is 0 Å². The summed E-state index contributed by atoms with van der Waals surface area (Å²) in [6.07, 6.45) is 3.16. The maximum atomic E-state index is 8.94. The summed E-state index contributed by atoms with van der Waals surface area (Å²) in [7, 11) is 0. The van der Waals surface area contributed by atoms with Gasteiger partial charge < -0.3 is 0 Å². The van der Waals surface area contributed by atoms with Gasteiger partial charge in [-0.3, -0.25) is 0 Å². The lowest BCUT2D eigenvalue weighted by Crippen LogP contribution is -1.95. The molecule has 0 saturated heterocycles. The average molecular weight is 302 g/mol. The van der Waals surface area contributed by atoms with E-state index >= 15 is 0 Å². The third kappa shape index (κ3) is 1.40. The van der Waals surface area contributed by atoms with Crippen LogP contribution in [0, 0.1) is 11.3 Å². The van der Waals surface area contributed by atoms with E-state index in [1.807, 2.05) is 0 Å². The molecule has 13 heavy (non-hydrogen) atoms. The Bertz CT molecular complexity index is 407. The van der Waals surface area contributed by atoms with Crippen molar-refractivity contribution in [1.82, 2.24) is 4.98 Å². The second-order valence-corrected chi connectivity index (χ2v) is 4.49. The number of pyridine rings is 1. The number of fused-ring (bicyclic) bond motifs is 1. The SMILES string of the molecule is N#Cc1c(Br)nc(Br)c2c1CCC2. The lowest BCUT2D eigenvalue weighted by Gasteiger charge is -2.05. The van der Waals surface area contributed by atoms with Crippen LogP contribution in [-0.4, -0.2) is 4.98 Å². The number of nitrogens with zero attached hydrogens (tertiary/aromatic N) is 2. The molecule has 0 aliphatic heterocycles. The largest absolute Gasteiger partial charge is 0.232 e. The molecule has 1 aliphatic carbocycles. The van der Waals surface area contributed by atoms with E-state index in [2.05, 4.69) is 42.9 Å². The Hall–Kier alpha value is -0.400. The van der Waals surface area contributed by atoms with Crippen LogP contribution in [0.2, 0.25) is 0 Å². The number of aromatic nitrogens is 1. The van der Waals surface area contributed by atoms with E-state index in [1.54, 1.807) is 0 Å². The summed E-state index contributed by atoms with van der Waals surface area (Å²) < 4.78 is 1.54. The molecule has 2 rings (SSSR count). The summed E-state index contributed by atoms with van der Waals surface area (Å²) in [5.74, 6) is 0. The van der Waals surface area contributed by atoms with Crippen LogP contribution in [0.4, 0.5) is 0 Å².